The lowest BCUT2D eigenvalue weighted by Gasteiger charge is -2.24. The summed E-state index contributed by atoms with van der Waals surface area (Å²) in [6.45, 7) is 0.372. The molecule has 0 aliphatic rings. The molecule has 4 nitrogen and oxygen atoms in total. The van der Waals surface area contributed by atoms with Crippen molar-refractivity contribution in [2.45, 2.75) is 6.29 Å². The Labute approximate surface area is 54.8 Å². The van der Waals surface area contributed by atoms with Gasteiger partial charge in [-0.05, 0) is 0 Å². The summed E-state index contributed by atoms with van der Waals surface area (Å²) in [5.41, 5.74) is 0. The van der Waals surface area contributed by atoms with Crippen LogP contribution in [0.15, 0.2) is 0 Å². The summed E-state index contributed by atoms with van der Waals surface area (Å²) >= 11 is 0. The fraction of sp³-hybridized carbons (Fsp3) is 1.00. The largest absolute Gasteiger partial charge is 0.361 e. The van der Waals surface area contributed by atoms with E-state index >= 15 is 0 Å². The summed E-state index contributed by atoms with van der Waals surface area (Å²) < 4.78 is 0.557. The molecule has 0 fully saturated rings. The van der Waals surface area contributed by atoms with Crippen molar-refractivity contribution in [3.8, 4) is 0 Å². The van der Waals surface area contributed by atoms with Crippen LogP contribution in [-0.2, 0) is 4.89 Å². The average Bonchev–Trinajstić information content (AvgIpc) is 1.62. The van der Waals surface area contributed by atoms with Crippen LogP contribution in [0.2, 0.25) is 0 Å². The van der Waals surface area contributed by atoms with E-state index in [2.05, 4.69) is 4.89 Å². The van der Waals surface area contributed by atoms with Gasteiger partial charge in [-0.2, -0.15) is 0 Å². The van der Waals surface area contributed by atoms with Gasteiger partial charge in [-0.1, -0.05) is 0 Å². The Kier molecular flexibility index (Phi) is 3.07. The topological polar surface area (TPSA) is 49.7 Å². The van der Waals surface area contributed by atoms with Crippen LogP contribution in [0.3, 0.4) is 0 Å². The van der Waals surface area contributed by atoms with Gasteiger partial charge in [-0.15, -0.1) is 0 Å². The standard InChI is InChI=1S/C5H13NO3/c1-6(2,3)4-5(7)9-8/h5,7H,4H2,1-3H3/p+1. The Hall–Kier alpha value is -0.160. The third kappa shape index (κ3) is 5.72. The molecule has 0 aliphatic carbocycles. The monoisotopic (exact) mass is 136 g/mol. The molecule has 4 heteroatoms. The molecule has 0 heterocycles. The molecular formula is C5H14NO3+. The van der Waals surface area contributed by atoms with Crippen molar-refractivity contribution < 1.29 is 19.7 Å². The van der Waals surface area contributed by atoms with Gasteiger partial charge in [0.2, 0.25) is 6.29 Å². The summed E-state index contributed by atoms with van der Waals surface area (Å²) in [6.07, 6.45) is -1.08. The zero-order valence-corrected chi connectivity index (χ0v) is 6.03. The number of rotatable bonds is 3. The molecule has 9 heavy (non-hydrogen) atoms. The predicted molar refractivity (Wildman–Crippen MR) is 32.6 cm³/mol. The van der Waals surface area contributed by atoms with Gasteiger partial charge in [0.15, 0.2) is 0 Å². The second-order valence-electron chi connectivity index (χ2n) is 3.03. The highest BCUT2D eigenvalue weighted by molar-refractivity contribution is 4.30. The Morgan fingerprint density at radius 2 is 1.89 bits per heavy atom. The van der Waals surface area contributed by atoms with Crippen LogP contribution in [0.4, 0.5) is 0 Å². The van der Waals surface area contributed by atoms with E-state index in [1.165, 1.54) is 0 Å². The van der Waals surface area contributed by atoms with Crippen LogP contribution in [0.1, 0.15) is 0 Å². The number of aliphatic hydroxyl groups excluding tert-OH is 1. The molecule has 0 aromatic heterocycles. The fourth-order valence-corrected chi connectivity index (χ4v) is 0.502. The number of hydrogen-bond donors (Lipinski definition) is 2. The quantitative estimate of drug-likeness (QED) is 0.238. The first kappa shape index (κ1) is 8.84. The van der Waals surface area contributed by atoms with Gasteiger partial charge in [-0.25, -0.2) is 10.1 Å². The van der Waals surface area contributed by atoms with Crippen LogP contribution < -0.4 is 0 Å². The highest BCUT2D eigenvalue weighted by atomic mass is 17.1. The summed E-state index contributed by atoms with van der Waals surface area (Å²) in [4.78, 5) is 3.67. The van der Waals surface area contributed by atoms with Crippen molar-refractivity contribution in [3.05, 3.63) is 0 Å². The molecule has 0 aromatic carbocycles. The number of nitrogens with zero attached hydrogens (tertiary/aromatic N) is 1. The Bertz CT molecular complexity index is 78.8. The van der Waals surface area contributed by atoms with E-state index < -0.39 is 6.29 Å². The minimum absolute atomic E-state index is 0.372. The number of hydrogen-bond acceptors (Lipinski definition) is 3. The molecule has 0 spiro atoms. The maximum atomic E-state index is 8.71. The third-order valence-corrected chi connectivity index (χ3v) is 0.826. The molecule has 0 saturated heterocycles. The number of aliphatic hydroxyl groups is 1. The molecule has 2 N–H and O–H groups in total. The lowest BCUT2D eigenvalue weighted by atomic mass is 10.5. The predicted octanol–water partition coefficient (Wildman–Crippen LogP) is -0.499. The molecule has 0 aliphatic heterocycles. The van der Waals surface area contributed by atoms with Crippen LogP contribution in [0.5, 0.6) is 0 Å². The van der Waals surface area contributed by atoms with E-state index in [1.807, 2.05) is 21.1 Å². The molecular weight excluding hydrogens is 122 g/mol. The molecule has 1 atom stereocenters. The van der Waals surface area contributed by atoms with Gasteiger partial charge < -0.3 is 9.59 Å². The summed E-state index contributed by atoms with van der Waals surface area (Å²) in [7, 11) is 5.67. The smallest absolute Gasteiger partial charge is 0.238 e. The normalized spacial score (nSPS) is 15.7. The molecule has 1 unspecified atom stereocenters. The first-order valence-corrected chi connectivity index (χ1v) is 2.74. The van der Waals surface area contributed by atoms with Crippen molar-refractivity contribution in [1.82, 2.24) is 0 Å². The van der Waals surface area contributed by atoms with E-state index in [9.17, 15) is 0 Å². The minimum atomic E-state index is -1.08. The second kappa shape index (κ2) is 3.12. The Balaban J connectivity index is 3.47. The molecule has 0 radical (unpaired) electrons. The lowest BCUT2D eigenvalue weighted by molar-refractivity contribution is -0.878. The van der Waals surface area contributed by atoms with E-state index in [0.29, 0.717) is 11.0 Å². The van der Waals surface area contributed by atoms with Gasteiger partial charge >= 0.3 is 0 Å². The summed E-state index contributed by atoms with van der Waals surface area (Å²) in [6, 6.07) is 0. The first-order valence-electron chi connectivity index (χ1n) is 2.74. The van der Waals surface area contributed by atoms with E-state index in [-0.39, 0.29) is 0 Å². The van der Waals surface area contributed by atoms with Crippen molar-refractivity contribution >= 4 is 0 Å². The van der Waals surface area contributed by atoms with Gasteiger partial charge in [0.1, 0.15) is 6.54 Å². The molecule has 56 valence electrons. The zero-order chi connectivity index (χ0) is 7.49. The SMILES string of the molecule is C[N+](C)(C)CC(O)OO. The Morgan fingerprint density at radius 1 is 1.44 bits per heavy atom. The van der Waals surface area contributed by atoms with E-state index in [4.69, 9.17) is 10.4 Å². The van der Waals surface area contributed by atoms with E-state index in [0.717, 1.165) is 0 Å². The summed E-state index contributed by atoms with van der Waals surface area (Å²) in [5.74, 6) is 0. The molecule has 0 amide bonds. The van der Waals surface area contributed by atoms with Crippen LogP contribution >= 0.6 is 0 Å². The first-order chi connectivity index (χ1) is 3.95. The average molecular weight is 136 g/mol. The van der Waals surface area contributed by atoms with Crippen molar-refractivity contribution in [1.29, 1.82) is 0 Å². The third-order valence-electron chi connectivity index (χ3n) is 0.826. The van der Waals surface area contributed by atoms with E-state index in [1.54, 1.807) is 0 Å². The van der Waals surface area contributed by atoms with Crippen molar-refractivity contribution in [3.63, 3.8) is 0 Å². The van der Waals surface area contributed by atoms with Crippen LogP contribution in [-0.4, -0.2) is 48.8 Å². The highest BCUT2D eigenvalue weighted by Gasteiger charge is 2.14. The minimum Gasteiger partial charge on any atom is -0.361 e. The maximum absolute atomic E-state index is 8.71. The maximum Gasteiger partial charge on any atom is 0.238 e. The zero-order valence-electron chi connectivity index (χ0n) is 6.03. The highest BCUT2D eigenvalue weighted by Crippen LogP contribution is 1.93. The molecule has 0 saturated carbocycles. The molecule has 0 aromatic rings. The van der Waals surface area contributed by atoms with Gasteiger partial charge in [0.25, 0.3) is 0 Å². The van der Waals surface area contributed by atoms with Gasteiger partial charge in [-0.3, -0.25) is 0 Å². The molecule has 0 bridgehead atoms. The lowest BCUT2D eigenvalue weighted by Crippen LogP contribution is -2.42. The van der Waals surface area contributed by atoms with Crippen molar-refractivity contribution in [2.75, 3.05) is 27.7 Å². The van der Waals surface area contributed by atoms with Crippen molar-refractivity contribution in [2.24, 2.45) is 0 Å². The molecule has 0 rings (SSSR count). The number of likely N-dealkylation sites (N-methyl/N-ethyl adjacent to an activating group) is 1. The van der Waals surface area contributed by atoms with Crippen LogP contribution in [0.25, 0.3) is 0 Å². The van der Waals surface area contributed by atoms with Crippen LogP contribution in [0, 0.1) is 0 Å². The van der Waals surface area contributed by atoms with Gasteiger partial charge in [0.05, 0.1) is 21.1 Å². The Morgan fingerprint density at radius 3 is 2.00 bits per heavy atom. The summed E-state index contributed by atoms with van der Waals surface area (Å²) in [5, 5.41) is 16.6. The van der Waals surface area contributed by atoms with Gasteiger partial charge in [0, 0.05) is 0 Å². The number of quaternary nitrogens is 1. The second-order valence-corrected chi connectivity index (χ2v) is 3.03. The fourth-order valence-electron chi connectivity index (χ4n) is 0.502.